The van der Waals surface area contributed by atoms with Crippen LogP contribution in [0.4, 0.5) is 0 Å². The molecule has 0 aliphatic carbocycles. The van der Waals surface area contributed by atoms with Crippen LogP contribution in [0.15, 0.2) is 24.3 Å². The van der Waals surface area contributed by atoms with Gasteiger partial charge in [0.1, 0.15) is 0 Å². The maximum absolute atomic E-state index is 12.4. The molecule has 1 rings (SSSR count). The Balaban J connectivity index is 2.73. The predicted molar refractivity (Wildman–Crippen MR) is 83.6 cm³/mol. The van der Waals surface area contributed by atoms with E-state index < -0.39 is 0 Å². The lowest BCUT2D eigenvalue weighted by Crippen LogP contribution is -2.34. The van der Waals surface area contributed by atoms with Crippen molar-refractivity contribution in [1.82, 2.24) is 5.32 Å². The van der Waals surface area contributed by atoms with Crippen LogP contribution in [0.2, 0.25) is 0 Å². The number of benzene rings is 1. The molecule has 0 bridgehead atoms. The fraction of sp³-hybridized carbons (Fsp3) is 0.529. The van der Waals surface area contributed by atoms with Gasteiger partial charge in [0.05, 0.1) is 13.2 Å². The van der Waals surface area contributed by atoms with Crippen molar-refractivity contribution in [2.45, 2.75) is 45.1 Å². The average molecular weight is 291 g/mol. The summed E-state index contributed by atoms with van der Waals surface area (Å²) >= 11 is 0. The Bertz CT molecular complexity index is 467. The SMILES string of the molecule is CCC(C)c1ccc(C(=O)C(CCC(=O)OC)NC)cc1. The van der Waals surface area contributed by atoms with Crippen molar-refractivity contribution in [3.63, 3.8) is 0 Å². The van der Waals surface area contributed by atoms with Crippen LogP contribution in [0.5, 0.6) is 0 Å². The standard InChI is InChI=1S/C17H25NO3/c1-5-12(2)13-6-8-14(9-7-13)17(20)15(18-3)10-11-16(19)21-4/h6-9,12,15,18H,5,10-11H2,1-4H3. The van der Waals surface area contributed by atoms with Crippen molar-refractivity contribution >= 4 is 11.8 Å². The summed E-state index contributed by atoms with van der Waals surface area (Å²) in [5.41, 5.74) is 1.91. The summed E-state index contributed by atoms with van der Waals surface area (Å²) in [6, 6.07) is 7.39. The predicted octanol–water partition coefficient (Wildman–Crippen LogP) is 2.92. The summed E-state index contributed by atoms with van der Waals surface area (Å²) in [7, 11) is 3.08. The topological polar surface area (TPSA) is 55.4 Å². The van der Waals surface area contributed by atoms with Crippen LogP contribution < -0.4 is 5.32 Å². The zero-order valence-corrected chi connectivity index (χ0v) is 13.3. The third-order valence-electron chi connectivity index (χ3n) is 3.91. The molecule has 0 aliphatic rings. The first-order chi connectivity index (χ1) is 10.0. The third-order valence-corrected chi connectivity index (χ3v) is 3.91. The molecule has 0 aromatic heterocycles. The number of hydrogen-bond donors (Lipinski definition) is 1. The molecule has 4 nitrogen and oxygen atoms in total. The van der Waals surface area contributed by atoms with Gasteiger partial charge in [0.2, 0.25) is 0 Å². The number of carbonyl (C=O) groups is 2. The summed E-state index contributed by atoms with van der Waals surface area (Å²) in [5.74, 6) is 0.209. The highest BCUT2D eigenvalue weighted by molar-refractivity contribution is 6.00. The second-order valence-electron chi connectivity index (χ2n) is 5.25. The first-order valence-electron chi connectivity index (χ1n) is 7.41. The quantitative estimate of drug-likeness (QED) is 0.591. The van der Waals surface area contributed by atoms with E-state index in [4.69, 9.17) is 0 Å². The number of rotatable bonds is 8. The van der Waals surface area contributed by atoms with Gasteiger partial charge in [-0.05, 0) is 31.4 Å². The molecule has 0 amide bonds. The van der Waals surface area contributed by atoms with Crippen molar-refractivity contribution in [3.8, 4) is 0 Å². The highest BCUT2D eigenvalue weighted by Crippen LogP contribution is 2.19. The molecular weight excluding hydrogens is 266 g/mol. The number of ether oxygens (including phenoxy) is 1. The van der Waals surface area contributed by atoms with Gasteiger partial charge < -0.3 is 10.1 Å². The molecule has 2 unspecified atom stereocenters. The van der Waals surface area contributed by atoms with Crippen LogP contribution in [0.3, 0.4) is 0 Å². The highest BCUT2D eigenvalue weighted by Gasteiger charge is 2.19. The largest absolute Gasteiger partial charge is 0.469 e. The summed E-state index contributed by atoms with van der Waals surface area (Å²) in [6.45, 7) is 4.32. The molecule has 2 atom stereocenters. The minimum atomic E-state index is -0.362. The van der Waals surface area contributed by atoms with E-state index in [-0.39, 0.29) is 24.2 Å². The fourth-order valence-corrected chi connectivity index (χ4v) is 2.18. The van der Waals surface area contributed by atoms with E-state index in [1.807, 2.05) is 24.3 Å². The van der Waals surface area contributed by atoms with Gasteiger partial charge in [-0.15, -0.1) is 0 Å². The summed E-state index contributed by atoms with van der Waals surface area (Å²) in [5, 5.41) is 2.97. The first-order valence-corrected chi connectivity index (χ1v) is 7.41. The van der Waals surface area contributed by atoms with Crippen LogP contribution >= 0.6 is 0 Å². The second-order valence-corrected chi connectivity index (χ2v) is 5.25. The molecule has 1 N–H and O–H groups in total. The first kappa shape index (κ1) is 17.4. The molecule has 1 aromatic rings. The molecule has 0 radical (unpaired) electrons. The lowest BCUT2D eigenvalue weighted by atomic mass is 9.94. The Morgan fingerprint density at radius 3 is 2.33 bits per heavy atom. The molecule has 116 valence electrons. The minimum absolute atomic E-state index is 0.0112. The summed E-state index contributed by atoms with van der Waals surface area (Å²) in [4.78, 5) is 23.6. The van der Waals surface area contributed by atoms with Crippen LogP contribution in [0.1, 0.15) is 54.9 Å². The minimum Gasteiger partial charge on any atom is -0.469 e. The zero-order chi connectivity index (χ0) is 15.8. The van der Waals surface area contributed by atoms with Gasteiger partial charge in [0.25, 0.3) is 0 Å². The molecule has 4 heteroatoms. The van der Waals surface area contributed by atoms with Crippen LogP contribution in [-0.4, -0.2) is 32.0 Å². The lowest BCUT2D eigenvalue weighted by Gasteiger charge is -2.15. The molecule has 0 aliphatic heterocycles. The van der Waals surface area contributed by atoms with Crippen molar-refractivity contribution in [2.24, 2.45) is 0 Å². The maximum atomic E-state index is 12.4. The number of esters is 1. The van der Waals surface area contributed by atoms with E-state index in [1.165, 1.54) is 12.7 Å². The number of likely N-dealkylation sites (N-methyl/N-ethyl adjacent to an activating group) is 1. The van der Waals surface area contributed by atoms with Gasteiger partial charge in [0.15, 0.2) is 5.78 Å². The molecule has 0 spiro atoms. The van der Waals surface area contributed by atoms with E-state index in [1.54, 1.807) is 7.05 Å². The summed E-state index contributed by atoms with van der Waals surface area (Å²) < 4.78 is 4.61. The normalized spacial score (nSPS) is 13.5. The number of Topliss-reactive ketones (excluding diaryl/α,β-unsaturated/α-hetero) is 1. The molecule has 21 heavy (non-hydrogen) atoms. The monoisotopic (exact) mass is 291 g/mol. The van der Waals surface area contributed by atoms with Gasteiger partial charge in [-0.2, -0.15) is 0 Å². The maximum Gasteiger partial charge on any atom is 0.305 e. The van der Waals surface area contributed by atoms with E-state index in [2.05, 4.69) is 23.9 Å². The number of methoxy groups -OCH3 is 1. The Morgan fingerprint density at radius 1 is 1.24 bits per heavy atom. The second kappa shape index (κ2) is 8.57. The van der Waals surface area contributed by atoms with Gasteiger partial charge >= 0.3 is 5.97 Å². The van der Waals surface area contributed by atoms with E-state index in [9.17, 15) is 9.59 Å². The van der Waals surface area contributed by atoms with E-state index >= 15 is 0 Å². The lowest BCUT2D eigenvalue weighted by molar-refractivity contribution is -0.140. The van der Waals surface area contributed by atoms with Crippen molar-refractivity contribution in [2.75, 3.05) is 14.2 Å². The van der Waals surface area contributed by atoms with Crippen LogP contribution in [0.25, 0.3) is 0 Å². The van der Waals surface area contributed by atoms with Gasteiger partial charge in [0, 0.05) is 12.0 Å². The van der Waals surface area contributed by atoms with Crippen molar-refractivity contribution in [3.05, 3.63) is 35.4 Å². The van der Waals surface area contributed by atoms with E-state index in [0.717, 1.165) is 6.42 Å². The fourth-order valence-electron chi connectivity index (χ4n) is 2.18. The number of ketones is 1. The van der Waals surface area contributed by atoms with E-state index in [0.29, 0.717) is 17.9 Å². The Kier molecular flexibility index (Phi) is 7.09. The number of carbonyl (C=O) groups excluding carboxylic acids is 2. The Morgan fingerprint density at radius 2 is 1.86 bits per heavy atom. The number of hydrogen-bond acceptors (Lipinski definition) is 4. The molecule has 0 saturated carbocycles. The average Bonchev–Trinajstić information content (AvgIpc) is 2.54. The molecule has 0 saturated heterocycles. The van der Waals surface area contributed by atoms with Gasteiger partial charge in [-0.25, -0.2) is 0 Å². The highest BCUT2D eigenvalue weighted by atomic mass is 16.5. The summed E-state index contributed by atoms with van der Waals surface area (Å²) in [6.07, 6.45) is 1.75. The smallest absolute Gasteiger partial charge is 0.305 e. The number of nitrogens with one attached hydrogen (secondary N) is 1. The van der Waals surface area contributed by atoms with Crippen LogP contribution in [0, 0.1) is 0 Å². The molecular formula is C17H25NO3. The Labute approximate surface area is 126 Å². The van der Waals surface area contributed by atoms with Crippen LogP contribution in [-0.2, 0) is 9.53 Å². The zero-order valence-electron chi connectivity index (χ0n) is 13.3. The van der Waals surface area contributed by atoms with Gasteiger partial charge in [-0.1, -0.05) is 38.1 Å². The van der Waals surface area contributed by atoms with Crippen molar-refractivity contribution < 1.29 is 14.3 Å². The van der Waals surface area contributed by atoms with Gasteiger partial charge in [-0.3, -0.25) is 9.59 Å². The van der Waals surface area contributed by atoms with Crippen molar-refractivity contribution in [1.29, 1.82) is 0 Å². The molecule has 0 fully saturated rings. The molecule has 1 aromatic carbocycles. The molecule has 0 heterocycles. The Hall–Kier alpha value is -1.68. The third kappa shape index (κ3) is 4.97.